The van der Waals surface area contributed by atoms with E-state index < -0.39 is 0 Å². The number of amides is 1. The summed E-state index contributed by atoms with van der Waals surface area (Å²) >= 11 is 1.57. The molecule has 0 aromatic carbocycles. The van der Waals surface area contributed by atoms with Crippen molar-refractivity contribution >= 4 is 17.2 Å². The molecule has 0 fully saturated rings. The Hall–Kier alpha value is -2.01. The Labute approximate surface area is 116 Å². The number of rotatable bonds is 6. The van der Waals surface area contributed by atoms with Crippen LogP contribution in [0.15, 0.2) is 42.6 Å². The van der Waals surface area contributed by atoms with Crippen LogP contribution in [0.2, 0.25) is 0 Å². The van der Waals surface area contributed by atoms with Gasteiger partial charge in [0, 0.05) is 36.3 Å². The maximum Gasteiger partial charge on any atom is 0.220 e. The largest absolute Gasteiger partial charge is 0.353 e. The molecule has 2 heterocycles. The van der Waals surface area contributed by atoms with E-state index in [1.54, 1.807) is 29.8 Å². The number of carbonyl (C=O) groups excluding carboxylic acids is 1. The Morgan fingerprint density at radius 1 is 1.53 bits per heavy atom. The predicted molar refractivity (Wildman–Crippen MR) is 76.9 cm³/mol. The van der Waals surface area contributed by atoms with Crippen molar-refractivity contribution in [1.82, 2.24) is 15.3 Å². The Kier molecular flexibility index (Phi) is 4.80. The van der Waals surface area contributed by atoms with Gasteiger partial charge in [-0.25, -0.2) is 4.98 Å². The van der Waals surface area contributed by atoms with Gasteiger partial charge in [-0.1, -0.05) is 6.08 Å². The number of nitrogens with one attached hydrogen (secondary N) is 1. The number of carbonyl (C=O) groups is 1. The lowest BCUT2D eigenvalue weighted by Gasteiger charge is -2.00. The second-order valence-corrected chi connectivity index (χ2v) is 4.84. The molecule has 2 rings (SSSR count). The van der Waals surface area contributed by atoms with Gasteiger partial charge in [-0.15, -0.1) is 17.9 Å². The van der Waals surface area contributed by atoms with E-state index in [0.29, 0.717) is 19.4 Å². The van der Waals surface area contributed by atoms with E-state index in [-0.39, 0.29) is 5.91 Å². The van der Waals surface area contributed by atoms with E-state index in [9.17, 15) is 4.79 Å². The fourth-order valence-electron chi connectivity index (χ4n) is 1.56. The normalized spacial score (nSPS) is 10.1. The van der Waals surface area contributed by atoms with Crippen LogP contribution in [0, 0.1) is 0 Å². The lowest BCUT2D eigenvalue weighted by Crippen LogP contribution is -2.23. The first-order chi connectivity index (χ1) is 9.29. The van der Waals surface area contributed by atoms with E-state index >= 15 is 0 Å². The highest BCUT2D eigenvalue weighted by Gasteiger charge is 2.06. The molecule has 0 spiro atoms. The van der Waals surface area contributed by atoms with Crippen molar-refractivity contribution in [3.05, 3.63) is 48.3 Å². The van der Waals surface area contributed by atoms with Crippen LogP contribution < -0.4 is 5.32 Å². The third kappa shape index (κ3) is 3.99. The Bertz CT molecular complexity index is 551. The van der Waals surface area contributed by atoms with Crippen LogP contribution in [-0.2, 0) is 11.2 Å². The molecule has 0 bridgehead atoms. The van der Waals surface area contributed by atoms with Gasteiger partial charge in [0.1, 0.15) is 5.01 Å². The van der Waals surface area contributed by atoms with Crippen LogP contribution in [0.4, 0.5) is 0 Å². The molecule has 98 valence electrons. The molecule has 19 heavy (non-hydrogen) atoms. The van der Waals surface area contributed by atoms with Crippen molar-refractivity contribution in [1.29, 1.82) is 0 Å². The lowest BCUT2D eigenvalue weighted by atomic mass is 10.2. The molecular formula is C14H15N3OS. The first-order valence-electron chi connectivity index (χ1n) is 6.02. The van der Waals surface area contributed by atoms with Gasteiger partial charge in [0.05, 0.1) is 5.69 Å². The number of hydrogen-bond donors (Lipinski definition) is 1. The minimum atomic E-state index is 0.0239. The summed E-state index contributed by atoms with van der Waals surface area (Å²) in [5, 5.41) is 5.68. The smallest absolute Gasteiger partial charge is 0.220 e. The molecule has 0 aliphatic rings. The fourth-order valence-corrected chi connectivity index (χ4v) is 2.40. The van der Waals surface area contributed by atoms with Gasteiger partial charge in [-0.05, 0) is 18.6 Å². The summed E-state index contributed by atoms with van der Waals surface area (Å²) in [6.45, 7) is 4.07. The molecule has 2 aromatic rings. The van der Waals surface area contributed by atoms with Gasteiger partial charge in [-0.3, -0.25) is 9.78 Å². The van der Waals surface area contributed by atoms with E-state index in [2.05, 4.69) is 21.9 Å². The molecular weight excluding hydrogens is 258 g/mol. The number of pyridine rings is 1. The number of nitrogens with zero attached hydrogens (tertiary/aromatic N) is 2. The molecule has 0 saturated heterocycles. The van der Waals surface area contributed by atoms with E-state index in [1.807, 2.05) is 17.5 Å². The fraction of sp³-hybridized carbons (Fsp3) is 0.214. The predicted octanol–water partition coefficient (Wildman–Crippen LogP) is 2.44. The zero-order valence-corrected chi connectivity index (χ0v) is 11.3. The van der Waals surface area contributed by atoms with Crippen molar-refractivity contribution in [2.24, 2.45) is 0 Å². The SMILES string of the molecule is C=CCNC(=O)CCc1csc(-c2cccnc2)n1. The number of aromatic nitrogens is 2. The van der Waals surface area contributed by atoms with E-state index in [0.717, 1.165) is 16.3 Å². The zero-order chi connectivity index (χ0) is 13.5. The second kappa shape index (κ2) is 6.80. The summed E-state index contributed by atoms with van der Waals surface area (Å²) in [6.07, 6.45) is 6.30. The second-order valence-electron chi connectivity index (χ2n) is 3.98. The summed E-state index contributed by atoms with van der Waals surface area (Å²) in [5.41, 5.74) is 1.95. The van der Waals surface area contributed by atoms with Crippen molar-refractivity contribution in [2.75, 3.05) is 6.54 Å². The van der Waals surface area contributed by atoms with Gasteiger partial charge in [0.15, 0.2) is 0 Å². The molecule has 1 N–H and O–H groups in total. The van der Waals surface area contributed by atoms with Gasteiger partial charge in [-0.2, -0.15) is 0 Å². The summed E-state index contributed by atoms with van der Waals surface area (Å²) in [5.74, 6) is 0.0239. The lowest BCUT2D eigenvalue weighted by molar-refractivity contribution is -0.120. The van der Waals surface area contributed by atoms with Gasteiger partial charge in [0.2, 0.25) is 5.91 Å². The average molecular weight is 273 g/mol. The minimum Gasteiger partial charge on any atom is -0.353 e. The Morgan fingerprint density at radius 2 is 2.42 bits per heavy atom. The Balaban J connectivity index is 1.91. The third-order valence-corrected chi connectivity index (χ3v) is 3.45. The summed E-state index contributed by atoms with van der Waals surface area (Å²) in [7, 11) is 0. The molecule has 0 aliphatic carbocycles. The number of hydrogen-bond acceptors (Lipinski definition) is 4. The van der Waals surface area contributed by atoms with Gasteiger partial charge < -0.3 is 5.32 Å². The van der Waals surface area contributed by atoms with Crippen LogP contribution in [0.25, 0.3) is 10.6 Å². The molecule has 2 aromatic heterocycles. The zero-order valence-electron chi connectivity index (χ0n) is 10.5. The first kappa shape index (κ1) is 13.4. The van der Waals surface area contributed by atoms with Gasteiger partial charge >= 0.3 is 0 Å². The van der Waals surface area contributed by atoms with Crippen LogP contribution in [0.5, 0.6) is 0 Å². The maximum atomic E-state index is 11.5. The monoisotopic (exact) mass is 273 g/mol. The molecule has 0 atom stereocenters. The quantitative estimate of drug-likeness (QED) is 0.822. The van der Waals surface area contributed by atoms with E-state index in [1.165, 1.54) is 0 Å². The minimum absolute atomic E-state index is 0.0239. The summed E-state index contributed by atoms with van der Waals surface area (Å²) < 4.78 is 0. The highest BCUT2D eigenvalue weighted by Crippen LogP contribution is 2.23. The highest BCUT2D eigenvalue weighted by molar-refractivity contribution is 7.13. The Morgan fingerprint density at radius 3 is 3.16 bits per heavy atom. The van der Waals surface area contributed by atoms with Crippen LogP contribution >= 0.6 is 11.3 Å². The molecule has 4 nitrogen and oxygen atoms in total. The number of thiazole rings is 1. The standard InChI is InChI=1S/C14H15N3OS/c1-2-7-16-13(18)6-5-12-10-19-14(17-12)11-4-3-8-15-9-11/h2-4,8-10H,1,5-7H2,(H,16,18). The number of aryl methyl sites for hydroxylation is 1. The van der Waals surface area contributed by atoms with Crippen molar-refractivity contribution in [3.8, 4) is 10.6 Å². The van der Waals surface area contributed by atoms with Crippen LogP contribution in [0.3, 0.4) is 0 Å². The van der Waals surface area contributed by atoms with Crippen molar-refractivity contribution < 1.29 is 4.79 Å². The molecule has 1 amide bonds. The van der Waals surface area contributed by atoms with Gasteiger partial charge in [0.25, 0.3) is 0 Å². The van der Waals surface area contributed by atoms with Crippen LogP contribution in [-0.4, -0.2) is 22.4 Å². The highest BCUT2D eigenvalue weighted by atomic mass is 32.1. The molecule has 0 radical (unpaired) electrons. The first-order valence-corrected chi connectivity index (χ1v) is 6.90. The molecule has 0 unspecified atom stereocenters. The summed E-state index contributed by atoms with van der Waals surface area (Å²) in [6, 6.07) is 3.87. The van der Waals surface area contributed by atoms with Crippen molar-refractivity contribution in [2.45, 2.75) is 12.8 Å². The average Bonchev–Trinajstić information content (AvgIpc) is 2.93. The molecule has 0 aliphatic heterocycles. The van der Waals surface area contributed by atoms with E-state index in [4.69, 9.17) is 0 Å². The summed E-state index contributed by atoms with van der Waals surface area (Å²) in [4.78, 5) is 20.0. The third-order valence-electron chi connectivity index (χ3n) is 2.51. The molecule has 0 saturated carbocycles. The molecule has 5 heteroatoms. The maximum absolute atomic E-state index is 11.5. The van der Waals surface area contributed by atoms with Crippen molar-refractivity contribution in [3.63, 3.8) is 0 Å². The topological polar surface area (TPSA) is 54.9 Å². The van der Waals surface area contributed by atoms with Crippen LogP contribution in [0.1, 0.15) is 12.1 Å².